The van der Waals surface area contributed by atoms with Gasteiger partial charge in [-0.1, -0.05) is 20.3 Å². The van der Waals surface area contributed by atoms with Gasteiger partial charge in [-0.15, -0.1) is 0 Å². The van der Waals surface area contributed by atoms with Crippen LogP contribution in [0.15, 0.2) is 0 Å². The van der Waals surface area contributed by atoms with Crippen molar-refractivity contribution in [2.45, 2.75) is 77.9 Å². The zero-order chi connectivity index (χ0) is 16.6. The second-order valence-corrected chi connectivity index (χ2v) is 4.98. The number of carboxylic acid groups (broad SMARTS) is 1. The fourth-order valence-corrected chi connectivity index (χ4v) is 0.777. The predicted molar refractivity (Wildman–Crippen MR) is 83.8 cm³/mol. The number of carboxylic acids is 1. The van der Waals surface area contributed by atoms with Crippen molar-refractivity contribution in [3.63, 3.8) is 0 Å². The Hall–Kier alpha value is 1.12. The number of nitrogens with two attached hydrogens (primary N) is 4. The fourth-order valence-electron chi connectivity index (χ4n) is 0.777. The van der Waals surface area contributed by atoms with E-state index < -0.39 is 12.0 Å². The molecule has 0 aliphatic rings. The van der Waals surface area contributed by atoms with E-state index in [4.69, 9.17) is 22.9 Å². The second-order valence-electron chi connectivity index (χ2n) is 4.98. The van der Waals surface area contributed by atoms with Gasteiger partial charge in [0, 0.05) is 18.1 Å². The molecular formula is C14H35N4O2Rb. The maximum Gasteiger partial charge on any atom is 1.00 e. The van der Waals surface area contributed by atoms with E-state index in [0.717, 1.165) is 25.8 Å². The minimum absolute atomic E-state index is 0. The van der Waals surface area contributed by atoms with Crippen molar-refractivity contribution in [3.8, 4) is 0 Å². The van der Waals surface area contributed by atoms with Crippen LogP contribution in [0.5, 0.6) is 0 Å². The third kappa shape index (κ3) is 38.7. The summed E-state index contributed by atoms with van der Waals surface area (Å²) in [5, 5.41) is 9.69. The van der Waals surface area contributed by atoms with Gasteiger partial charge in [-0.25, -0.2) is 0 Å². The van der Waals surface area contributed by atoms with E-state index in [-0.39, 0.29) is 58.2 Å². The van der Waals surface area contributed by atoms with E-state index in [1.807, 2.05) is 13.8 Å². The summed E-state index contributed by atoms with van der Waals surface area (Å²) in [5.41, 5.74) is 21.0. The molecule has 0 aromatic rings. The first-order chi connectivity index (χ1) is 9.22. The first-order valence-corrected chi connectivity index (χ1v) is 7.40. The molecule has 0 aromatic heterocycles. The molecular weight excluding hydrogens is 342 g/mol. The molecule has 0 aromatic carbocycles. The van der Waals surface area contributed by atoms with E-state index in [1.54, 1.807) is 6.92 Å². The molecule has 0 aliphatic carbocycles. The summed E-state index contributed by atoms with van der Waals surface area (Å²) in [4.78, 5) is 9.69. The first-order valence-electron chi connectivity index (χ1n) is 7.40. The third-order valence-corrected chi connectivity index (χ3v) is 2.50. The summed E-state index contributed by atoms with van der Waals surface area (Å²) in [6.45, 7) is 8.59. The summed E-state index contributed by atoms with van der Waals surface area (Å²) in [5.74, 6) is -1.18. The first kappa shape index (κ1) is 30.0. The molecule has 0 saturated carbocycles. The van der Waals surface area contributed by atoms with Gasteiger partial charge in [0.25, 0.3) is 0 Å². The summed E-state index contributed by atoms with van der Waals surface area (Å²) >= 11 is 0. The van der Waals surface area contributed by atoms with Crippen LogP contribution in [0.2, 0.25) is 0 Å². The molecule has 21 heavy (non-hydrogen) atoms. The Labute approximate surface area is 179 Å². The average molecular weight is 377 g/mol. The van der Waals surface area contributed by atoms with Crippen LogP contribution in [-0.4, -0.2) is 30.6 Å². The van der Waals surface area contributed by atoms with Crippen LogP contribution in [0.4, 0.5) is 0 Å². The van der Waals surface area contributed by atoms with E-state index in [9.17, 15) is 9.90 Å². The van der Waals surface area contributed by atoms with Gasteiger partial charge in [-0.2, -0.15) is 0 Å². The van der Waals surface area contributed by atoms with Crippen LogP contribution >= 0.6 is 0 Å². The monoisotopic (exact) mass is 376 g/mol. The van der Waals surface area contributed by atoms with Gasteiger partial charge in [0.2, 0.25) is 0 Å². The van der Waals surface area contributed by atoms with Crippen LogP contribution in [0.3, 0.4) is 0 Å². The zero-order valence-electron chi connectivity index (χ0n) is 14.6. The molecule has 124 valence electrons. The Morgan fingerprint density at radius 1 is 1.00 bits per heavy atom. The van der Waals surface area contributed by atoms with Crippen LogP contribution < -0.4 is 86.2 Å². The van der Waals surface area contributed by atoms with Gasteiger partial charge in [-0.05, 0) is 46.1 Å². The summed E-state index contributed by atoms with van der Waals surface area (Å²) in [6.07, 6.45) is 4.91. The molecule has 6 nitrogen and oxygen atoms in total. The molecule has 8 N–H and O–H groups in total. The molecule has 3 atom stereocenters. The molecule has 0 bridgehead atoms. The van der Waals surface area contributed by atoms with Crippen LogP contribution in [0.1, 0.15) is 59.8 Å². The number of aliphatic carboxylic acids is 1. The predicted octanol–water partition coefficient (Wildman–Crippen LogP) is -3.32. The van der Waals surface area contributed by atoms with Crippen LogP contribution in [-0.2, 0) is 4.79 Å². The molecule has 0 aliphatic heterocycles. The maximum atomic E-state index is 9.69. The fraction of sp³-hybridized carbons (Fsp3) is 0.929. The summed E-state index contributed by atoms with van der Waals surface area (Å²) in [7, 11) is 0. The smallest absolute Gasteiger partial charge is 0.548 e. The Kier molecular flexibility index (Phi) is 33.5. The number of hydrogen-bond acceptors (Lipinski definition) is 6. The van der Waals surface area contributed by atoms with Gasteiger partial charge < -0.3 is 32.8 Å². The number of carbonyl (C=O) groups is 1. The number of unbranched alkanes of at least 4 members (excludes halogenated alkanes) is 1. The van der Waals surface area contributed by atoms with E-state index in [1.165, 1.54) is 6.42 Å². The second kappa shape index (κ2) is 23.4. The van der Waals surface area contributed by atoms with Gasteiger partial charge in [0.05, 0.1) is 5.97 Å². The van der Waals surface area contributed by atoms with Gasteiger partial charge >= 0.3 is 58.2 Å². The standard InChI is InChI=1S/C6H16N2.C4H9NO2.C4H11N.Rb/c1-6(8)4-2-3-5-7;1-2-3(5)4(6)7;1-3-4(2)5;/h6H,2-5,7-8H2,1H3;3H,2,5H2,1H3,(H,6,7);4H,3,5H2,1-2H3;/q;;;+1/p-1/t;3-;4-;/m.00./s1. The number of carbonyl (C=O) groups excluding carboxylic acids is 1. The van der Waals surface area contributed by atoms with Crippen molar-refractivity contribution in [2.24, 2.45) is 22.9 Å². The van der Waals surface area contributed by atoms with Crippen molar-refractivity contribution < 1.29 is 68.1 Å². The summed E-state index contributed by atoms with van der Waals surface area (Å²) in [6, 6.07) is -0.0588. The third-order valence-electron chi connectivity index (χ3n) is 2.50. The zero-order valence-corrected chi connectivity index (χ0v) is 19.5. The Bertz CT molecular complexity index is 205. The molecule has 7 heteroatoms. The Morgan fingerprint density at radius 2 is 1.43 bits per heavy atom. The topological polar surface area (TPSA) is 144 Å². The van der Waals surface area contributed by atoms with Crippen molar-refractivity contribution in [1.29, 1.82) is 0 Å². The molecule has 0 amide bonds. The van der Waals surface area contributed by atoms with Crippen molar-refractivity contribution >= 4 is 5.97 Å². The summed E-state index contributed by atoms with van der Waals surface area (Å²) < 4.78 is 0. The van der Waals surface area contributed by atoms with Gasteiger partial charge in [0.1, 0.15) is 0 Å². The van der Waals surface area contributed by atoms with Gasteiger partial charge in [-0.3, -0.25) is 0 Å². The van der Waals surface area contributed by atoms with E-state index in [0.29, 0.717) is 18.5 Å². The molecule has 0 heterocycles. The van der Waals surface area contributed by atoms with Crippen molar-refractivity contribution in [2.75, 3.05) is 6.54 Å². The average Bonchev–Trinajstić information content (AvgIpc) is 2.39. The van der Waals surface area contributed by atoms with E-state index in [2.05, 4.69) is 6.92 Å². The SMILES string of the molecule is CC(N)CCCCN.CC[C@H](C)N.CC[C@H](N)C(=O)[O-].[Rb+]. The largest absolute Gasteiger partial charge is 1.00 e. The van der Waals surface area contributed by atoms with Crippen molar-refractivity contribution in [3.05, 3.63) is 0 Å². The van der Waals surface area contributed by atoms with E-state index >= 15 is 0 Å². The van der Waals surface area contributed by atoms with Crippen LogP contribution in [0, 0.1) is 0 Å². The Balaban J connectivity index is -0.000000103. The molecule has 0 saturated heterocycles. The van der Waals surface area contributed by atoms with Crippen molar-refractivity contribution in [1.82, 2.24) is 0 Å². The Morgan fingerprint density at radius 3 is 1.57 bits per heavy atom. The molecule has 0 rings (SSSR count). The molecule has 1 unspecified atom stereocenters. The van der Waals surface area contributed by atoms with Gasteiger partial charge in [0.15, 0.2) is 0 Å². The molecule has 0 radical (unpaired) electrons. The normalized spacial score (nSPS) is 13.3. The molecule has 0 spiro atoms. The number of hydrogen-bond donors (Lipinski definition) is 4. The maximum absolute atomic E-state index is 9.69. The minimum Gasteiger partial charge on any atom is -0.548 e. The van der Waals surface area contributed by atoms with Crippen LogP contribution in [0.25, 0.3) is 0 Å². The quantitative estimate of drug-likeness (QED) is 0.342. The minimum atomic E-state index is -1.18. The molecule has 0 fully saturated rings. The number of rotatable bonds is 7.